The van der Waals surface area contributed by atoms with Crippen molar-refractivity contribution in [3.05, 3.63) is 60.2 Å². The highest BCUT2D eigenvalue weighted by molar-refractivity contribution is 7.99. The number of anilines is 1. The number of thioether (sulfide) groups is 1. The van der Waals surface area contributed by atoms with Gasteiger partial charge >= 0.3 is 0 Å². The van der Waals surface area contributed by atoms with Crippen LogP contribution in [0.5, 0.6) is 0 Å². The molecule has 2 aromatic rings. The number of rotatable bonds is 4. The summed E-state index contributed by atoms with van der Waals surface area (Å²) in [4.78, 5) is 30.3. The van der Waals surface area contributed by atoms with Crippen LogP contribution in [0.25, 0.3) is 0 Å². The van der Waals surface area contributed by atoms with E-state index in [1.54, 1.807) is 11.8 Å². The number of carbonyl (C=O) groups excluding carboxylic acids is 2. The third kappa shape index (κ3) is 3.49. The van der Waals surface area contributed by atoms with Gasteiger partial charge in [-0.05, 0) is 24.1 Å². The van der Waals surface area contributed by atoms with Gasteiger partial charge in [-0.25, -0.2) is 0 Å². The van der Waals surface area contributed by atoms with Gasteiger partial charge in [-0.15, -0.1) is 11.8 Å². The minimum absolute atomic E-state index is 0.0910. The standard InChI is InChI=1S/C21H22N2O2S/c24-20-14-17(15-22(20)11-10-16-6-2-1-3-7-16)21(25)23-12-13-26-19-9-5-4-8-18(19)23/h1-9,17H,10-15H2. The molecule has 2 aliphatic heterocycles. The summed E-state index contributed by atoms with van der Waals surface area (Å²) < 4.78 is 0. The molecule has 1 fully saturated rings. The zero-order chi connectivity index (χ0) is 17.9. The van der Waals surface area contributed by atoms with Crippen LogP contribution >= 0.6 is 11.8 Å². The highest BCUT2D eigenvalue weighted by Crippen LogP contribution is 2.36. The molecule has 1 atom stereocenters. The van der Waals surface area contributed by atoms with Crippen LogP contribution in [-0.2, 0) is 16.0 Å². The van der Waals surface area contributed by atoms with E-state index >= 15 is 0 Å². The number of nitrogens with zero attached hydrogens (tertiary/aromatic N) is 2. The summed E-state index contributed by atoms with van der Waals surface area (Å²) in [6.45, 7) is 1.94. The lowest BCUT2D eigenvalue weighted by Gasteiger charge is -2.30. The molecule has 0 bridgehead atoms. The number of amides is 2. The number of para-hydroxylation sites is 1. The van der Waals surface area contributed by atoms with E-state index < -0.39 is 0 Å². The third-order valence-electron chi connectivity index (χ3n) is 5.07. The molecule has 1 unspecified atom stereocenters. The smallest absolute Gasteiger partial charge is 0.232 e. The summed E-state index contributed by atoms with van der Waals surface area (Å²) in [5.74, 6) is 0.864. The fourth-order valence-corrected chi connectivity index (χ4v) is 4.68. The second-order valence-corrected chi connectivity index (χ2v) is 7.92. The van der Waals surface area contributed by atoms with Crippen LogP contribution in [0.1, 0.15) is 12.0 Å². The maximum atomic E-state index is 13.1. The lowest BCUT2D eigenvalue weighted by atomic mass is 10.1. The van der Waals surface area contributed by atoms with Crippen molar-refractivity contribution in [1.29, 1.82) is 0 Å². The van der Waals surface area contributed by atoms with Gasteiger partial charge in [0.25, 0.3) is 0 Å². The number of fused-ring (bicyclic) bond motifs is 1. The van der Waals surface area contributed by atoms with Gasteiger partial charge in [0, 0.05) is 36.7 Å². The highest BCUT2D eigenvalue weighted by Gasteiger charge is 2.37. The third-order valence-corrected chi connectivity index (χ3v) is 6.11. The predicted molar refractivity (Wildman–Crippen MR) is 104 cm³/mol. The molecule has 0 aromatic heterocycles. The molecule has 0 aliphatic carbocycles. The largest absolute Gasteiger partial charge is 0.342 e. The van der Waals surface area contributed by atoms with Crippen molar-refractivity contribution < 1.29 is 9.59 Å². The van der Waals surface area contributed by atoms with Crippen molar-refractivity contribution in [1.82, 2.24) is 4.90 Å². The number of hydrogen-bond donors (Lipinski definition) is 0. The molecule has 2 heterocycles. The van der Waals surface area contributed by atoms with Gasteiger partial charge in [0.15, 0.2) is 0 Å². The molecule has 134 valence electrons. The normalized spacial score (nSPS) is 19.5. The van der Waals surface area contributed by atoms with Gasteiger partial charge in [0.2, 0.25) is 11.8 Å². The molecular formula is C21H22N2O2S. The Hall–Kier alpha value is -2.27. The van der Waals surface area contributed by atoms with Crippen molar-refractivity contribution in [3.63, 3.8) is 0 Å². The van der Waals surface area contributed by atoms with E-state index in [9.17, 15) is 9.59 Å². The molecule has 0 spiro atoms. The van der Waals surface area contributed by atoms with Crippen molar-refractivity contribution in [3.8, 4) is 0 Å². The van der Waals surface area contributed by atoms with E-state index in [0.29, 0.717) is 19.5 Å². The van der Waals surface area contributed by atoms with Crippen molar-refractivity contribution in [2.75, 3.05) is 30.3 Å². The molecular weight excluding hydrogens is 344 g/mol. The maximum absolute atomic E-state index is 13.1. The Bertz CT molecular complexity index is 809. The summed E-state index contributed by atoms with van der Waals surface area (Å²) in [5, 5.41) is 0. The monoisotopic (exact) mass is 366 g/mol. The van der Waals surface area contributed by atoms with E-state index in [0.717, 1.165) is 29.3 Å². The second-order valence-electron chi connectivity index (χ2n) is 6.78. The van der Waals surface area contributed by atoms with Crippen LogP contribution in [0, 0.1) is 5.92 Å². The van der Waals surface area contributed by atoms with Crippen LogP contribution in [-0.4, -0.2) is 42.1 Å². The maximum Gasteiger partial charge on any atom is 0.232 e. The van der Waals surface area contributed by atoms with E-state index in [2.05, 4.69) is 18.2 Å². The van der Waals surface area contributed by atoms with E-state index in [1.165, 1.54) is 5.56 Å². The van der Waals surface area contributed by atoms with Crippen molar-refractivity contribution in [2.24, 2.45) is 5.92 Å². The van der Waals surface area contributed by atoms with Gasteiger partial charge in [-0.2, -0.15) is 0 Å². The Balaban J connectivity index is 1.41. The van der Waals surface area contributed by atoms with Crippen LogP contribution in [0.3, 0.4) is 0 Å². The molecule has 0 saturated carbocycles. The van der Waals surface area contributed by atoms with Crippen molar-refractivity contribution in [2.45, 2.75) is 17.7 Å². The Morgan fingerprint density at radius 1 is 1.08 bits per heavy atom. The SMILES string of the molecule is O=C1CC(C(=O)N2CCSc3ccccc32)CN1CCc1ccccc1. The minimum atomic E-state index is -0.227. The van der Waals surface area contributed by atoms with E-state index in [-0.39, 0.29) is 17.7 Å². The molecule has 5 heteroatoms. The number of hydrogen-bond acceptors (Lipinski definition) is 3. The second kappa shape index (κ2) is 7.54. The molecule has 2 aliphatic rings. The topological polar surface area (TPSA) is 40.6 Å². The quantitative estimate of drug-likeness (QED) is 0.834. The molecule has 4 nitrogen and oxygen atoms in total. The average molecular weight is 366 g/mol. The molecule has 1 saturated heterocycles. The van der Waals surface area contributed by atoms with Gasteiger partial charge in [-0.1, -0.05) is 42.5 Å². The van der Waals surface area contributed by atoms with Gasteiger partial charge in [-0.3, -0.25) is 9.59 Å². The Morgan fingerprint density at radius 3 is 2.69 bits per heavy atom. The van der Waals surface area contributed by atoms with E-state index in [1.807, 2.05) is 46.2 Å². The summed E-state index contributed by atoms with van der Waals surface area (Å²) in [6.07, 6.45) is 1.16. The highest BCUT2D eigenvalue weighted by atomic mass is 32.2. The predicted octanol–water partition coefficient (Wildman–Crippen LogP) is 3.22. The van der Waals surface area contributed by atoms with Gasteiger partial charge in [0.1, 0.15) is 0 Å². The summed E-state index contributed by atoms with van der Waals surface area (Å²) in [7, 11) is 0. The van der Waals surface area contributed by atoms with Crippen LogP contribution in [0.2, 0.25) is 0 Å². The first-order valence-corrected chi connectivity index (χ1v) is 10.1. The average Bonchev–Trinajstić information content (AvgIpc) is 3.07. The molecule has 26 heavy (non-hydrogen) atoms. The van der Waals surface area contributed by atoms with Crippen LogP contribution in [0.4, 0.5) is 5.69 Å². The first-order chi connectivity index (χ1) is 12.7. The molecule has 2 amide bonds. The molecule has 0 N–H and O–H groups in total. The lowest BCUT2D eigenvalue weighted by Crippen LogP contribution is -2.40. The summed E-state index contributed by atoms with van der Waals surface area (Å²) in [6, 6.07) is 18.2. The fraction of sp³-hybridized carbons (Fsp3) is 0.333. The van der Waals surface area contributed by atoms with Crippen molar-refractivity contribution >= 4 is 29.3 Å². The number of carbonyl (C=O) groups is 2. The molecule has 0 radical (unpaired) electrons. The first kappa shape index (κ1) is 17.2. The zero-order valence-electron chi connectivity index (χ0n) is 14.6. The Morgan fingerprint density at radius 2 is 1.85 bits per heavy atom. The Kier molecular flexibility index (Phi) is 4.98. The molecule has 4 rings (SSSR count). The van der Waals surface area contributed by atoms with Gasteiger partial charge < -0.3 is 9.80 Å². The van der Waals surface area contributed by atoms with Gasteiger partial charge in [0.05, 0.1) is 11.6 Å². The molecule has 2 aromatic carbocycles. The first-order valence-electron chi connectivity index (χ1n) is 9.07. The zero-order valence-corrected chi connectivity index (χ0v) is 15.5. The van der Waals surface area contributed by atoms with Crippen LogP contribution < -0.4 is 4.90 Å². The minimum Gasteiger partial charge on any atom is -0.342 e. The van der Waals surface area contributed by atoms with E-state index in [4.69, 9.17) is 0 Å². The summed E-state index contributed by atoms with van der Waals surface area (Å²) >= 11 is 1.79. The fourth-order valence-electron chi connectivity index (χ4n) is 3.68. The number of benzene rings is 2. The Labute approximate surface area is 158 Å². The van der Waals surface area contributed by atoms with Crippen LogP contribution in [0.15, 0.2) is 59.5 Å². The summed E-state index contributed by atoms with van der Waals surface area (Å²) in [5.41, 5.74) is 2.21. The number of likely N-dealkylation sites (tertiary alicyclic amines) is 1. The lowest BCUT2D eigenvalue weighted by molar-refractivity contribution is -0.128.